The molecular formula is C10H17ClN2O. The fourth-order valence-corrected chi connectivity index (χ4v) is 2.79. The molecular weight excluding hydrogens is 200 g/mol. The molecule has 0 spiro atoms. The summed E-state index contributed by atoms with van der Waals surface area (Å²) in [5.41, 5.74) is 0. The first-order valence-electron chi connectivity index (χ1n) is 5.40. The summed E-state index contributed by atoms with van der Waals surface area (Å²) < 4.78 is 0. The van der Waals surface area contributed by atoms with Crippen molar-refractivity contribution in [3.8, 4) is 0 Å². The van der Waals surface area contributed by atoms with E-state index >= 15 is 0 Å². The van der Waals surface area contributed by atoms with E-state index in [9.17, 15) is 4.79 Å². The summed E-state index contributed by atoms with van der Waals surface area (Å²) >= 11 is 5.52. The van der Waals surface area contributed by atoms with Gasteiger partial charge in [-0.15, -0.1) is 11.6 Å². The van der Waals surface area contributed by atoms with Crippen LogP contribution in [-0.2, 0) is 4.79 Å². The highest BCUT2D eigenvalue weighted by Gasteiger charge is 2.37. The lowest BCUT2D eigenvalue weighted by Crippen LogP contribution is -2.42. The standard InChI is InChI=1S/C10H17ClN2O/c11-5-3-10(14)12-8-4-7-13-6-1-2-9(8)13/h8-9H,1-7H2,(H,12,14). The molecule has 0 aliphatic carbocycles. The monoisotopic (exact) mass is 216 g/mol. The van der Waals surface area contributed by atoms with Gasteiger partial charge in [-0.05, 0) is 25.8 Å². The SMILES string of the molecule is O=C(CCCl)NC1CCN2CCCC12. The Morgan fingerprint density at radius 2 is 2.29 bits per heavy atom. The molecule has 0 aromatic carbocycles. The molecule has 2 rings (SSSR count). The van der Waals surface area contributed by atoms with Gasteiger partial charge < -0.3 is 5.32 Å². The first kappa shape index (κ1) is 10.2. The molecule has 1 N–H and O–H groups in total. The molecule has 0 saturated carbocycles. The van der Waals surface area contributed by atoms with Crippen LogP contribution in [0.5, 0.6) is 0 Å². The van der Waals surface area contributed by atoms with Crippen LogP contribution < -0.4 is 5.32 Å². The minimum absolute atomic E-state index is 0.110. The molecule has 2 aliphatic rings. The summed E-state index contributed by atoms with van der Waals surface area (Å²) in [4.78, 5) is 13.9. The highest BCUT2D eigenvalue weighted by molar-refractivity contribution is 6.18. The summed E-state index contributed by atoms with van der Waals surface area (Å²) in [5, 5.41) is 3.09. The third-order valence-electron chi connectivity index (χ3n) is 3.27. The van der Waals surface area contributed by atoms with Crippen molar-refractivity contribution in [2.45, 2.75) is 37.8 Å². The van der Waals surface area contributed by atoms with Gasteiger partial charge in [0.1, 0.15) is 0 Å². The normalized spacial score (nSPS) is 31.8. The van der Waals surface area contributed by atoms with E-state index in [2.05, 4.69) is 10.2 Å². The Balaban J connectivity index is 1.83. The van der Waals surface area contributed by atoms with Crippen LogP contribution in [0.1, 0.15) is 25.7 Å². The largest absolute Gasteiger partial charge is 0.352 e. The number of hydrogen-bond donors (Lipinski definition) is 1. The van der Waals surface area contributed by atoms with Crippen LogP contribution in [-0.4, -0.2) is 41.9 Å². The van der Waals surface area contributed by atoms with Crippen molar-refractivity contribution in [2.24, 2.45) is 0 Å². The van der Waals surface area contributed by atoms with Crippen molar-refractivity contribution >= 4 is 17.5 Å². The number of hydrogen-bond acceptors (Lipinski definition) is 2. The molecule has 2 atom stereocenters. The van der Waals surface area contributed by atoms with Gasteiger partial charge in [-0.3, -0.25) is 9.69 Å². The lowest BCUT2D eigenvalue weighted by Gasteiger charge is -2.20. The third kappa shape index (κ3) is 2.04. The number of amides is 1. The predicted octanol–water partition coefficient (Wildman–Crippen LogP) is 0.968. The summed E-state index contributed by atoms with van der Waals surface area (Å²) in [6, 6.07) is 0.988. The minimum atomic E-state index is 0.110. The number of fused-ring (bicyclic) bond motifs is 1. The van der Waals surface area contributed by atoms with Crippen LogP contribution >= 0.6 is 11.6 Å². The Hall–Kier alpha value is -0.280. The maximum atomic E-state index is 11.4. The number of nitrogens with zero attached hydrogens (tertiary/aromatic N) is 1. The lowest BCUT2D eigenvalue weighted by molar-refractivity contribution is -0.121. The van der Waals surface area contributed by atoms with Crippen LogP contribution in [0, 0.1) is 0 Å². The second-order valence-electron chi connectivity index (χ2n) is 4.15. The van der Waals surface area contributed by atoms with Gasteiger partial charge in [0.2, 0.25) is 5.91 Å². The van der Waals surface area contributed by atoms with Crippen molar-refractivity contribution < 1.29 is 4.79 Å². The number of halogens is 1. The van der Waals surface area contributed by atoms with Gasteiger partial charge >= 0.3 is 0 Å². The highest BCUT2D eigenvalue weighted by Crippen LogP contribution is 2.27. The first-order valence-corrected chi connectivity index (χ1v) is 5.94. The number of carbonyl (C=O) groups excluding carboxylic acids is 1. The Morgan fingerprint density at radius 1 is 1.43 bits per heavy atom. The van der Waals surface area contributed by atoms with Crippen LogP contribution in [0.15, 0.2) is 0 Å². The fourth-order valence-electron chi connectivity index (χ4n) is 2.62. The summed E-state index contributed by atoms with van der Waals surface area (Å²) in [7, 11) is 0. The quantitative estimate of drug-likeness (QED) is 0.714. The Kier molecular flexibility index (Phi) is 3.29. The van der Waals surface area contributed by atoms with Crippen molar-refractivity contribution in [2.75, 3.05) is 19.0 Å². The molecule has 80 valence electrons. The van der Waals surface area contributed by atoms with Gasteiger partial charge in [0.25, 0.3) is 0 Å². The number of carbonyl (C=O) groups is 1. The van der Waals surface area contributed by atoms with Gasteiger partial charge in [-0.25, -0.2) is 0 Å². The molecule has 4 heteroatoms. The molecule has 2 unspecified atom stereocenters. The second-order valence-corrected chi connectivity index (χ2v) is 4.53. The zero-order valence-electron chi connectivity index (χ0n) is 8.34. The van der Waals surface area contributed by atoms with Gasteiger partial charge in [-0.2, -0.15) is 0 Å². The Labute approximate surface area is 89.8 Å². The second kappa shape index (κ2) is 4.49. The molecule has 2 fully saturated rings. The van der Waals surface area contributed by atoms with Gasteiger partial charge in [0.05, 0.1) is 0 Å². The molecule has 1 amide bonds. The van der Waals surface area contributed by atoms with Crippen molar-refractivity contribution in [1.82, 2.24) is 10.2 Å². The van der Waals surface area contributed by atoms with Gasteiger partial charge in [0.15, 0.2) is 0 Å². The molecule has 0 radical (unpaired) electrons. The van der Waals surface area contributed by atoms with Gasteiger partial charge in [-0.1, -0.05) is 0 Å². The zero-order chi connectivity index (χ0) is 9.97. The number of nitrogens with one attached hydrogen (secondary N) is 1. The molecule has 2 heterocycles. The van der Waals surface area contributed by atoms with Crippen LogP contribution in [0.3, 0.4) is 0 Å². The van der Waals surface area contributed by atoms with Crippen molar-refractivity contribution in [3.05, 3.63) is 0 Å². The lowest BCUT2D eigenvalue weighted by atomic mass is 10.1. The molecule has 0 aromatic heterocycles. The molecule has 2 aliphatic heterocycles. The maximum absolute atomic E-state index is 11.4. The van der Waals surface area contributed by atoms with E-state index < -0.39 is 0 Å². The Morgan fingerprint density at radius 3 is 3.07 bits per heavy atom. The summed E-state index contributed by atoms with van der Waals surface area (Å²) in [6.45, 7) is 2.36. The molecule has 14 heavy (non-hydrogen) atoms. The van der Waals surface area contributed by atoms with E-state index in [1.807, 2.05) is 0 Å². The van der Waals surface area contributed by atoms with Crippen LogP contribution in [0.25, 0.3) is 0 Å². The maximum Gasteiger partial charge on any atom is 0.221 e. The number of alkyl halides is 1. The van der Waals surface area contributed by atoms with E-state index in [1.165, 1.54) is 19.4 Å². The summed E-state index contributed by atoms with van der Waals surface area (Å²) in [6.07, 6.45) is 4.09. The third-order valence-corrected chi connectivity index (χ3v) is 3.46. The highest BCUT2D eigenvalue weighted by atomic mass is 35.5. The minimum Gasteiger partial charge on any atom is -0.352 e. The molecule has 0 bridgehead atoms. The first-order chi connectivity index (χ1) is 6.81. The topological polar surface area (TPSA) is 32.3 Å². The molecule has 3 nitrogen and oxygen atoms in total. The molecule has 2 saturated heterocycles. The van der Waals surface area contributed by atoms with E-state index in [1.54, 1.807) is 0 Å². The predicted molar refractivity (Wildman–Crippen MR) is 56.5 cm³/mol. The summed E-state index contributed by atoms with van der Waals surface area (Å²) in [5.74, 6) is 0.533. The van der Waals surface area contributed by atoms with Crippen molar-refractivity contribution in [1.29, 1.82) is 0 Å². The van der Waals surface area contributed by atoms with Crippen LogP contribution in [0.2, 0.25) is 0 Å². The van der Waals surface area contributed by atoms with E-state index in [0.717, 1.165) is 13.0 Å². The molecule has 0 aromatic rings. The van der Waals surface area contributed by atoms with Gasteiger partial charge in [0, 0.05) is 30.9 Å². The average molecular weight is 217 g/mol. The number of rotatable bonds is 3. The fraction of sp³-hybridized carbons (Fsp3) is 0.900. The van der Waals surface area contributed by atoms with E-state index in [4.69, 9.17) is 11.6 Å². The smallest absolute Gasteiger partial charge is 0.221 e. The van der Waals surface area contributed by atoms with E-state index in [0.29, 0.717) is 24.4 Å². The Bertz CT molecular complexity index is 222. The van der Waals surface area contributed by atoms with Crippen molar-refractivity contribution in [3.63, 3.8) is 0 Å². The van der Waals surface area contributed by atoms with E-state index in [-0.39, 0.29) is 5.91 Å². The average Bonchev–Trinajstić information content (AvgIpc) is 2.70. The zero-order valence-corrected chi connectivity index (χ0v) is 9.09. The van der Waals surface area contributed by atoms with Crippen LogP contribution in [0.4, 0.5) is 0 Å².